The largest absolute Gasteiger partial charge is 0.497 e. The highest BCUT2D eigenvalue weighted by Gasteiger charge is 2.40. The van der Waals surface area contributed by atoms with Crippen LogP contribution in [0.25, 0.3) is 0 Å². The maximum Gasteiger partial charge on any atom is 0.119 e. The van der Waals surface area contributed by atoms with Gasteiger partial charge in [-0.2, -0.15) is 0 Å². The summed E-state index contributed by atoms with van der Waals surface area (Å²) in [6.07, 6.45) is 0. The Bertz CT molecular complexity index is 892. The van der Waals surface area contributed by atoms with Crippen molar-refractivity contribution in [1.82, 2.24) is 0 Å². The zero-order chi connectivity index (χ0) is 21.8. The molecule has 0 radical (unpaired) electrons. The van der Waals surface area contributed by atoms with Crippen LogP contribution in [-0.2, 0) is 0 Å². The molecule has 0 aliphatic rings. The van der Waals surface area contributed by atoms with Crippen molar-refractivity contribution in [3.8, 4) is 17.2 Å². The van der Waals surface area contributed by atoms with Gasteiger partial charge in [-0.25, -0.2) is 0 Å². The predicted molar refractivity (Wildman–Crippen MR) is 129 cm³/mol. The number of methoxy groups -OCH3 is 2. The molecule has 0 amide bonds. The van der Waals surface area contributed by atoms with Gasteiger partial charge in [0.05, 0.1) is 27.5 Å². The summed E-state index contributed by atoms with van der Waals surface area (Å²) in [6, 6.07) is 25.5. The Hall–Kier alpha value is -2.51. The molecular weight excluding hydrogens is 391 g/mol. The van der Waals surface area contributed by atoms with Crippen LogP contribution >= 0.6 is 7.26 Å². The summed E-state index contributed by atoms with van der Waals surface area (Å²) in [4.78, 5) is 0. The maximum atomic E-state index is 5.99. The molecule has 4 heteroatoms. The normalized spacial score (nSPS) is 11.8. The van der Waals surface area contributed by atoms with Gasteiger partial charge in [0.25, 0.3) is 0 Å². The van der Waals surface area contributed by atoms with Crippen molar-refractivity contribution < 1.29 is 14.2 Å². The van der Waals surface area contributed by atoms with E-state index in [1.54, 1.807) is 14.2 Å². The lowest BCUT2D eigenvalue weighted by Gasteiger charge is -2.24. The van der Waals surface area contributed by atoms with E-state index in [0.29, 0.717) is 6.61 Å². The van der Waals surface area contributed by atoms with Crippen molar-refractivity contribution in [3.05, 3.63) is 72.8 Å². The fourth-order valence-electron chi connectivity index (χ4n) is 3.35. The monoisotopic (exact) mass is 423 g/mol. The molecule has 0 N–H and O–H groups in total. The molecule has 0 atom stereocenters. The maximum absolute atomic E-state index is 5.99. The predicted octanol–water partition coefficient (Wildman–Crippen LogP) is 5.05. The third kappa shape index (κ3) is 4.96. The molecule has 0 aromatic heterocycles. The Morgan fingerprint density at radius 2 is 0.933 bits per heavy atom. The lowest BCUT2D eigenvalue weighted by atomic mass is 9.99. The highest BCUT2D eigenvalue weighted by molar-refractivity contribution is 7.95. The Kier molecular flexibility index (Phi) is 6.73. The second-order valence-corrected chi connectivity index (χ2v) is 12.3. The number of benzene rings is 3. The minimum atomic E-state index is -1.83. The number of hydrogen-bond acceptors (Lipinski definition) is 3. The van der Waals surface area contributed by atoms with Crippen LogP contribution in [0.2, 0.25) is 0 Å². The van der Waals surface area contributed by atoms with Gasteiger partial charge < -0.3 is 14.2 Å². The average Bonchev–Trinajstić information content (AvgIpc) is 2.77. The third-order valence-electron chi connectivity index (χ3n) is 5.20. The Morgan fingerprint density at radius 3 is 1.23 bits per heavy atom. The minimum Gasteiger partial charge on any atom is -0.497 e. The molecule has 0 spiro atoms. The summed E-state index contributed by atoms with van der Waals surface area (Å²) in [6.45, 7) is 9.59. The second-order valence-electron chi connectivity index (χ2n) is 8.75. The van der Waals surface area contributed by atoms with Crippen molar-refractivity contribution in [3.63, 3.8) is 0 Å². The molecule has 0 saturated carbocycles. The molecule has 30 heavy (non-hydrogen) atoms. The van der Waals surface area contributed by atoms with Crippen LogP contribution in [0.1, 0.15) is 20.8 Å². The topological polar surface area (TPSA) is 27.7 Å². The molecule has 3 aromatic rings. The van der Waals surface area contributed by atoms with Gasteiger partial charge >= 0.3 is 0 Å². The van der Waals surface area contributed by atoms with Gasteiger partial charge in [0.2, 0.25) is 0 Å². The van der Waals surface area contributed by atoms with Crippen molar-refractivity contribution in [2.45, 2.75) is 20.8 Å². The number of rotatable bonds is 7. The van der Waals surface area contributed by atoms with Crippen molar-refractivity contribution in [2.24, 2.45) is 5.41 Å². The van der Waals surface area contributed by atoms with Gasteiger partial charge in [-0.05, 0) is 78.2 Å². The SMILES string of the molecule is COc1ccc([P+](C)(c2ccc(OC)cc2)c2ccc(OCC(C)(C)C)cc2)cc1. The summed E-state index contributed by atoms with van der Waals surface area (Å²) in [7, 11) is 1.57. The molecular formula is C26H32O3P+. The standard InChI is InChI=1S/C26H32O3P/c1-26(2,3)19-29-22-11-17-25(18-12-22)30(6,23-13-7-20(27-4)8-14-23)24-15-9-21(28-5)10-16-24/h7-18H,19H2,1-6H3/q+1. The van der Waals surface area contributed by atoms with E-state index in [1.165, 1.54) is 15.9 Å². The molecule has 0 bridgehead atoms. The van der Waals surface area contributed by atoms with Gasteiger partial charge in [-0.1, -0.05) is 20.8 Å². The van der Waals surface area contributed by atoms with Crippen LogP contribution in [0.4, 0.5) is 0 Å². The Morgan fingerprint density at radius 1 is 0.600 bits per heavy atom. The molecule has 3 aromatic carbocycles. The average molecular weight is 424 g/mol. The van der Waals surface area contributed by atoms with Gasteiger partial charge in [-0.15, -0.1) is 0 Å². The zero-order valence-electron chi connectivity index (χ0n) is 18.8. The van der Waals surface area contributed by atoms with Crippen molar-refractivity contribution in [2.75, 3.05) is 27.5 Å². The first-order valence-corrected chi connectivity index (χ1v) is 12.4. The lowest BCUT2D eigenvalue weighted by Crippen LogP contribution is -2.30. The van der Waals surface area contributed by atoms with Gasteiger partial charge in [0.15, 0.2) is 0 Å². The van der Waals surface area contributed by atoms with Gasteiger partial charge in [0, 0.05) is 0 Å². The van der Waals surface area contributed by atoms with Crippen LogP contribution in [0.3, 0.4) is 0 Å². The van der Waals surface area contributed by atoms with Crippen LogP contribution in [0, 0.1) is 5.41 Å². The van der Waals surface area contributed by atoms with Crippen LogP contribution in [0.5, 0.6) is 17.2 Å². The highest BCUT2D eigenvalue weighted by atomic mass is 31.2. The number of ether oxygens (including phenoxy) is 3. The fraction of sp³-hybridized carbons (Fsp3) is 0.308. The van der Waals surface area contributed by atoms with Crippen molar-refractivity contribution >= 4 is 23.2 Å². The van der Waals surface area contributed by atoms with E-state index in [9.17, 15) is 0 Å². The molecule has 3 nitrogen and oxygen atoms in total. The van der Waals surface area contributed by atoms with Crippen molar-refractivity contribution in [1.29, 1.82) is 0 Å². The van der Waals surface area contributed by atoms with E-state index < -0.39 is 7.26 Å². The van der Waals surface area contributed by atoms with Gasteiger partial charge in [0.1, 0.15) is 40.4 Å². The summed E-state index contributed by atoms with van der Waals surface area (Å²) in [5, 5.41) is 3.91. The zero-order valence-corrected chi connectivity index (χ0v) is 19.7. The fourth-order valence-corrected chi connectivity index (χ4v) is 6.48. The highest BCUT2D eigenvalue weighted by Crippen LogP contribution is 2.52. The first-order chi connectivity index (χ1) is 14.3. The molecule has 0 saturated heterocycles. The van der Waals surface area contributed by atoms with Crippen LogP contribution in [-0.4, -0.2) is 27.5 Å². The van der Waals surface area contributed by atoms with E-state index >= 15 is 0 Å². The molecule has 0 fully saturated rings. The van der Waals surface area contributed by atoms with Crippen LogP contribution < -0.4 is 30.1 Å². The molecule has 0 unspecified atom stereocenters. The molecule has 0 heterocycles. The van der Waals surface area contributed by atoms with E-state index in [1.807, 2.05) is 24.3 Å². The lowest BCUT2D eigenvalue weighted by molar-refractivity contribution is 0.198. The van der Waals surface area contributed by atoms with E-state index in [0.717, 1.165) is 17.2 Å². The quantitative estimate of drug-likeness (QED) is 0.498. The first kappa shape index (κ1) is 22.2. The van der Waals surface area contributed by atoms with E-state index in [-0.39, 0.29) is 5.41 Å². The second kappa shape index (κ2) is 9.10. The summed E-state index contributed by atoms with van der Waals surface area (Å²) >= 11 is 0. The third-order valence-corrected chi connectivity index (χ3v) is 9.20. The molecule has 3 rings (SSSR count). The summed E-state index contributed by atoms with van der Waals surface area (Å²) in [5.41, 5.74) is 0.131. The molecule has 0 aliphatic heterocycles. The summed E-state index contributed by atoms with van der Waals surface area (Å²) in [5.74, 6) is 2.64. The molecule has 0 aliphatic carbocycles. The minimum absolute atomic E-state index is 0.131. The Balaban J connectivity index is 2.02. The smallest absolute Gasteiger partial charge is 0.119 e. The van der Waals surface area contributed by atoms with E-state index in [2.05, 4.69) is 76.0 Å². The Labute approximate surface area is 181 Å². The van der Waals surface area contributed by atoms with Crippen LogP contribution in [0.15, 0.2) is 72.8 Å². The molecule has 158 valence electrons. The van der Waals surface area contributed by atoms with Gasteiger partial charge in [-0.3, -0.25) is 0 Å². The van der Waals surface area contributed by atoms with E-state index in [4.69, 9.17) is 14.2 Å². The summed E-state index contributed by atoms with van der Waals surface area (Å²) < 4.78 is 16.7. The first-order valence-electron chi connectivity index (χ1n) is 10.2. The number of hydrogen-bond donors (Lipinski definition) is 0.